The van der Waals surface area contributed by atoms with Gasteiger partial charge in [-0.25, -0.2) is 4.79 Å². The van der Waals surface area contributed by atoms with Crippen LogP contribution in [0.25, 0.3) is 10.8 Å². The second kappa shape index (κ2) is 23.1. The number of likely N-dealkylation sites (tertiary alicyclic amines) is 1. The normalized spacial score (nSPS) is 15.6. The first-order valence-corrected chi connectivity index (χ1v) is 18.8. The number of fused-ring (bicyclic) bond motifs is 1. The number of hydrogen-bond acceptors (Lipinski definition) is 7. The maximum atomic E-state index is 13.3. The molecular weight excluding hydrogens is 722 g/mol. The predicted molar refractivity (Wildman–Crippen MR) is 207 cm³/mol. The number of terminal acetylenes is 1. The molecule has 4 rings (SSSR count). The van der Waals surface area contributed by atoms with Crippen molar-refractivity contribution >= 4 is 63.0 Å². The number of rotatable bonds is 12. The van der Waals surface area contributed by atoms with Crippen LogP contribution >= 0.6 is 27.9 Å². The molecule has 50 heavy (non-hydrogen) atoms. The summed E-state index contributed by atoms with van der Waals surface area (Å²) in [5.41, 5.74) is 0.403. The van der Waals surface area contributed by atoms with Crippen molar-refractivity contribution in [2.24, 2.45) is 11.3 Å². The summed E-state index contributed by atoms with van der Waals surface area (Å²) >= 11 is 5.07. The number of pyridine rings is 1. The number of ether oxygens (including phenoxy) is 1. The van der Waals surface area contributed by atoms with Crippen molar-refractivity contribution in [3.63, 3.8) is 0 Å². The monoisotopic (exact) mass is 777 g/mol. The molecule has 1 saturated heterocycles. The Bertz CT molecular complexity index is 1450. The highest BCUT2D eigenvalue weighted by Gasteiger charge is 2.41. The van der Waals surface area contributed by atoms with E-state index in [-0.39, 0.29) is 24.0 Å². The lowest BCUT2D eigenvalue weighted by atomic mass is 9.85. The van der Waals surface area contributed by atoms with Gasteiger partial charge in [0.1, 0.15) is 12.1 Å². The zero-order valence-corrected chi connectivity index (χ0v) is 33.0. The van der Waals surface area contributed by atoms with Gasteiger partial charge in [-0.2, -0.15) is 0 Å². The molecule has 1 aliphatic carbocycles. The number of benzene rings is 1. The fourth-order valence-corrected chi connectivity index (χ4v) is 6.24. The molecule has 2 atom stereocenters. The number of amides is 4. The van der Waals surface area contributed by atoms with Crippen molar-refractivity contribution in [1.82, 2.24) is 25.2 Å². The maximum absolute atomic E-state index is 13.3. The minimum atomic E-state index is -0.806. The quantitative estimate of drug-likeness (QED) is 0.0851. The van der Waals surface area contributed by atoms with Crippen molar-refractivity contribution in [2.45, 2.75) is 110 Å². The third-order valence-corrected chi connectivity index (χ3v) is 9.20. The lowest BCUT2D eigenvalue weighted by Gasteiger charge is -2.35. The molecule has 0 bridgehead atoms. The smallest absolute Gasteiger partial charge is 0.407 e. The van der Waals surface area contributed by atoms with Crippen LogP contribution in [0.3, 0.4) is 0 Å². The van der Waals surface area contributed by atoms with Gasteiger partial charge in [-0.1, -0.05) is 57.5 Å². The summed E-state index contributed by atoms with van der Waals surface area (Å²) in [5.74, 6) is 0.375. The van der Waals surface area contributed by atoms with E-state index in [0.29, 0.717) is 24.8 Å². The molecule has 13 heteroatoms. The number of aryl methyl sites for hydroxylation is 1. The number of hydrogen-bond donors (Lipinski definition) is 4. The fourth-order valence-electron chi connectivity index (χ4n) is 4.98. The Labute approximate surface area is 310 Å². The minimum absolute atomic E-state index is 0.111. The lowest BCUT2D eigenvalue weighted by molar-refractivity contribution is -0.141. The lowest BCUT2D eigenvalue weighted by Crippen LogP contribution is -2.57. The van der Waals surface area contributed by atoms with Crippen molar-refractivity contribution in [2.75, 3.05) is 20.2 Å². The van der Waals surface area contributed by atoms with E-state index in [4.69, 9.17) is 4.74 Å². The van der Waals surface area contributed by atoms with Gasteiger partial charge in [0.2, 0.25) is 18.2 Å². The summed E-state index contributed by atoms with van der Waals surface area (Å²) in [6.45, 7) is 12.9. The highest BCUT2D eigenvalue weighted by atomic mass is 79.9. The van der Waals surface area contributed by atoms with E-state index < -0.39 is 23.6 Å². The number of likely N-dealkylation sites (N-methyl/N-ethyl adjacent to an activating group) is 1. The number of nitrogens with zero attached hydrogens (tertiary/aromatic N) is 1. The Morgan fingerprint density at radius 2 is 1.76 bits per heavy atom. The third-order valence-electron chi connectivity index (χ3n) is 7.51. The number of alkyl carbamates (subject to hydrolysis) is 1. The molecule has 4 amide bonds. The van der Waals surface area contributed by atoms with E-state index in [1.54, 1.807) is 18.1 Å². The van der Waals surface area contributed by atoms with Crippen molar-refractivity contribution in [3.05, 3.63) is 44.8 Å². The second-order valence-corrected chi connectivity index (χ2v) is 15.8. The van der Waals surface area contributed by atoms with Crippen LogP contribution in [0.15, 0.2) is 33.7 Å². The molecule has 2 fully saturated rings. The van der Waals surface area contributed by atoms with Crippen LogP contribution in [0.5, 0.6) is 0 Å². The van der Waals surface area contributed by atoms with Gasteiger partial charge in [0, 0.05) is 40.3 Å². The van der Waals surface area contributed by atoms with Gasteiger partial charge in [-0.15, -0.1) is 12.8 Å². The van der Waals surface area contributed by atoms with E-state index in [1.165, 1.54) is 24.8 Å². The van der Waals surface area contributed by atoms with E-state index >= 15 is 0 Å². The largest absolute Gasteiger partial charge is 0.450 e. The molecule has 278 valence electrons. The van der Waals surface area contributed by atoms with Crippen molar-refractivity contribution < 1.29 is 23.9 Å². The number of aromatic amines is 1. The Hall–Kier alpha value is -3.50. The molecule has 2 aromatic rings. The predicted octanol–water partition coefficient (Wildman–Crippen LogP) is 6.34. The van der Waals surface area contributed by atoms with E-state index in [2.05, 4.69) is 69.9 Å². The Morgan fingerprint density at radius 3 is 2.34 bits per heavy atom. The summed E-state index contributed by atoms with van der Waals surface area (Å²) in [6.07, 6.45) is 16.8. The van der Waals surface area contributed by atoms with Gasteiger partial charge in [0.15, 0.2) is 0 Å². The first kappa shape index (κ1) is 44.5. The minimum Gasteiger partial charge on any atom is -0.450 e. The standard InChI is InChI=1S/C27H37BrN4O5.C4H7NOS.C4H10.C2H2/c1-27(2,3)22(25(35)32-13-8-10-21(32)24(34)29-4)31-26(36)37-14-7-5-6-9-17-15-19-18(20(28)16-17)11-12-30-23(19)33;6-3-5-7-4-1-2-4;1-4(2)3;1-2/h11-12,15-16,21-22H,5-10,13-14H2,1-4H3,(H,29,34)(H,30,33)(H,31,36);3-4H,1-2H2,(H,5,6);4H,1-3H3;1-2H. The number of halogens is 1. The van der Waals surface area contributed by atoms with Crippen LogP contribution in [0.1, 0.15) is 92.1 Å². The average molecular weight is 779 g/mol. The number of H-pyrrole nitrogens is 1. The number of carbonyl (C=O) groups excluding carboxylic acids is 4. The Kier molecular flexibility index (Phi) is 20.5. The number of nitrogens with one attached hydrogen (secondary N) is 4. The molecular formula is C37H56BrN5O6S. The molecule has 11 nitrogen and oxygen atoms in total. The zero-order chi connectivity index (χ0) is 37.9. The van der Waals surface area contributed by atoms with Gasteiger partial charge in [0.05, 0.1) is 6.61 Å². The van der Waals surface area contributed by atoms with Crippen LogP contribution in [0.4, 0.5) is 4.79 Å². The number of aromatic nitrogens is 1. The summed E-state index contributed by atoms with van der Waals surface area (Å²) in [5, 5.41) is 7.62. The first-order valence-electron chi connectivity index (χ1n) is 17.1. The highest BCUT2D eigenvalue weighted by molar-refractivity contribution is 9.10. The first-order chi connectivity index (χ1) is 23.7. The highest BCUT2D eigenvalue weighted by Crippen LogP contribution is 2.31. The van der Waals surface area contributed by atoms with Gasteiger partial charge in [-0.3, -0.25) is 19.2 Å². The van der Waals surface area contributed by atoms with E-state index in [9.17, 15) is 24.0 Å². The van der Waals surface area contributed by atoms with Crippen molar-refractivity contribution in [1.29, 1.82) is 0 Å². The molecule has 0 radical (unpaired) electrons. The number of unbranched alkanes of at least 4 members (excludes halogenated alkanes) is 2. The fraction of sp³-hybridized carbons (Fsp3) is 0.595. The topological polar surface area (TPSA) is 150 Å². The zero-order valence-electron chi connectivity index (χ0n) is 30.6. The number of carbonyl (C=O) groups is 4. The molecule has 1 aromatic heterocycles. The molecule has 0 spiro atoms. The van der Waals surface area contributed by atoms with Gasteiger partial charge >= 0.3 is 6.09 Å². The third kappa shape index (κ3) is 16.0. The molecule has 2 heterocycles. The molecule has 4 N–H and O–H groups in total. The summed E-state index contributed by atoms with van der Waals surface area (Å²) < 4.78 is 8.81. The van der Waals surface area contributed by atoms with E-state index in [0.717, 1.165) is 58.7 Å². The Morgan fingerprint density at radius 1 is 1.10 bits per heavy atom. The van der Waals surface area contributed by atoms with Gasteiger partial charge < -0.3 is 30.0 Å². The van der Waals surface area contributed by atoms with Gasteiger partial charge in [-0.05, 0) is 98.4 Å². The van der Waals surface area contributed by atoms with Crippen LogP contribution < -0.4 is 20.9 Å². The second-order valence-electron chi connectivity index (χ2n) is 13.8. The SMILES string of the molecule is C#C.CC(C)C.CNC(=O)C1CCCN1C(=O)C(NC(=O)OCCCCCc1cc(Br)c2cc[nH]c(=O)c2c1)C(C)(C)C.O=CNSC1CC1. The van der Waals surface area contributed by atoms with Crippen LogP contribution in [0, 0.1) is 24.2 Å². The molecule has 2 aliphatic rings. The Balaban J connectivity index is 0.000000812. The average Bonchev–Trinajstić information content (AvgIpc) is 3.77. The van der Waals surface area contributed by atoms with Crippen LogP contribution in [-0.2, 0) is 25.5 Å². The van der Waals surface area contributed by atoms with Crippen LogP contribution in [0.2, 0.25) is 0 Å². The summed E-state index contributed by atoms with van der Waals surface area (Å²) in [6, 6.07) is 4.50. The molecule has 1 saturated carbocycles. The molecule has 2 unspecified atom stereocenters. The molecule has 1 aromatic carbocycles. The van der Waals surface area contributed by atoms with E-state index in [1.807, 2.05) is 39.0 Å². The summed E-state index contributed by atoms with van der Waals surface area (Å²) in [4.78, 5) is 64.0. The summed E-state index contributed by atoms with van der Waals surface area (Å²) in [7, 11) is 1.56. The molecule has 1 aliphatic heterocycles. The maximum Gasteiger partial charge on any atom is 0.407 e. The van der Waals surface area contributed by atoms with Gasteiger partial charge in [0.25, 0.3) is 5.56 Å². The van der Waals surface area contributed by atoms with Crippen LogP contribution in [-0.4, -0.2) is 71.7 Å². The van der Waals surface area contributed by atoms with Crippen molar-refractivity contribution in [3.8, 4) is 12.8 Å².